The Balaban J connectivity index is 1.49. The largest absolute Gasteiger partial charge is 0.469 e. The molecule has 0 aliphatic carbocycles. The van der Waals surface area contributed by atoms with Crippen LogP contribution in [0.25, 0.3) is 11.4 Å². The average Bonchev–Trinajstić information content (AvgIpc) is 3.39. The second-order valence-electron chi connectivity index (χ2n) is 7.40. The Morgan fingerprint density at radius 1 is 1.12 bits per heavy atom. The first-order valence-electron chi connectivity index (χ1n) is 10.2. The molecule has 0 aliphatic heterocycles. The summed E-state index contributed by atoms with van der Waals surface area (Å²) in [6.45, 7) is 4.32. The Morgan fingerprint density at radius 3 is 2.56 bits per heavy atom. The highest BCUT2D eigenvalue weighted by Gasteiger charge is 2.19. The van der Waals surface area contributed by atoms with E-state index in [9.17, 15) is 9.18 Å². The topological polar surface area (TPSA) is 72.9 Å². The maximum atomic E-state index is 13.1. The van der Waals surface area contributed by atoms with Crippen LogP contribution in [0.15, 0.2) is 76.5 Å². The number of thioether (sulfide) groups is 1. The minimum absolute atomic E-state index is 0.137. The standard InChI is InChI=1S/C24H23FN4O2S/c1-16(19-8-10-20(25)11-9-19)26-22(30)15-32-24-28-27-23(21-12-13-31-17(21)2)29(24)14-18-6-4-3-5-7-18/h3-13,16H,14-15H2,1-2H3,(H,26,30)/t16-/m1/s1. The second kappa shape index (κ2) is 9.82. The molecule has 1 atom stereocenters. The van der Waals surface area contributed by atoms with E-state index in [0.717, 1.165) is 22.5 Å². The molecule has 0 spiro atoms. The summed E-state index contributed by atoms with van der Waals surface area (Å²) in [5.74, 6) is 1.20. The third-order valence-corrected chi connectivity index (χ3v) is 6.05. The van der Waals surface area contributed by atoms with Gasteiger partial charge in [-0.3, -0.25) is 9.36 Å². The van der Waals surface area contributed by atoms with Gasteiger partial charge in [-0.15, -0.1) is 10.2 Å². The molecule has 0 bridgehead atoms. The van der Waals surface area contributed by atoms with E-state index in [0.29, 0.717) is 17.5 Å². The number of nitrogens with one attached hydrogen (secondary N) is 1. The second-order valence-corrected chi connectivity index (χ2v) is 8.34. The van der Waals surface area contributed by atoms with Crippen LogP contribution in [-0.4, -0.2) is 26.4 Å². The van der Waals surface area contributed by atoms with Crippen molar-refractivity contribution in [3.8, 4) is 11.4 Å². The van der Waals surface area contributed by atoms with E-state index in [-0.39, 0.29) is 23.5 Å². The lowest BCUT2D eigenvalue weighted by Gasteiger charge is -2.14. The molecule has 0 radical (unpaired) electrons. The van der Waals surface area contributed by atoms with Gasteiger partial charge in [-0.05, 0) is 43.2 Å². The van der Waals surface area contributed by atoms with Gasteiger partial charge in [-0.1, -0.05) is 54.2 Å². The monoisotopic (exact) mass is 450 g/mol. The van der Waals surface area contributed by atoms with Gasteiger partial charge in [0, 0.05) is 0 Å². The average molecular weight is 451 g/mol. The predicted molar refractivity (Wildman–Crippen MR) is 122 cm³/mol. The maximum Gasteiger partial charge on any atom is 0.230 e. The first-order chi connectivity index (χ1) is 15.5. The van der Waals surface area contributed by atoms with Crippen LogP contribution < -0.4 is 5.32 Å². The molecule has 4 rings (SSSR count). The zero-order chi connectivity index (χ0) is 22.5. The van der Waals surface area contributed by atoms with E-state index in [1.54, 1.807) is 18.4 Å². The molecule has 0 saturated carbocycles. The summed E-state index contributed by atoms with van der Waals surface area (Å²) in [5.41, 5.74) is 2.82. The quantitative estimate of drug-likeness (QED) is 0.382. The minimum Gasteiger partial charge on any atom is -0.469 e. The van der Waals surface area contributed by atoms with Crippen LogP contribution in [-0.2, 0) is 11.3 Å². The van der Waals surface area contributed by atoms with E-state index >= 15 is 0 Å². The van der Waals surface area contributed by atoms with Crippen LogP contribution in [0.5, 0.6) is 0 Å². The van der Waals surface area contributed by atoms with E-state index in [1.165, 1.54) is 23.9 Å². The fraction of sp³-hybridized carbons (Fsp3) is 0.208. The summed E-state index contributed by atoms with van der Waals surface area (Å²) in [7, 11) is 0. The molecule has 32 heavy (non-hydrogen) atoms. The fourth-order valence-electron chi connectivity index (χ4n) is 3.37. The molecule has 1 amide bonds. The number of rotatable bonds is 8. The minimum atomic E-state index is -0.302. The van der Waals surface area contributed by atoms with E-state index in [1.807, 2.05) is 54.8 Å². The molecular weight excluding hydrogens is 427 g/mol. The molecule has 4 aromatic rings. The Morgan fingerprint density at radius 2 is 1.88 bits per heavy atom. The number of nitrogens with zero attached hydrogens (tertiary/aromatic N) is 3. The first kappa shape index (κ1) is 21.8. The fourth-order valence-corrected chi connectivity index (χ4v) is 4.12. The van der Waals surface area contributed by atoms with E-state index in [4.69, 9.17) is 4.42 Å². The van der Waals surface area contributed by atoms with Gasteiger partial charge < -0.3 is 9.73 Å². The molecule has 0 unspecified atom stereocenters. The molecule has 2 aromatic heterocycles. The van der Waals surface area contributed by atoms with Crippen LogP contribution >= 0.6 is 11.8 Å². The molecule has 8 heteroatoms. The zero-order valence-electron chi connectivity index (χ0n) is 17.8. The number of carbonyl (C=O) groups excluding carboxylic acids is 1. The van der Waals surface area contributed by atoms with Crippen LogP contribution in [0.2, 0.25) is 0 Å². The van der Waals surface area contributed by atoms with Crippen LogP contribution in [0.1, 0.15) is 29.9 Å². The van der Waals surface area contributed by atoms with Gasteiger partial charge in [0.25, 0.3) is 0 Å². The third-order valence-electron chi connectivity index (χ3n) is 5.08. The normalized spacial score (nSPS) is 12.0. The molecule has 0 fully saturated rings. The lowest BCUT2D eigenvalue weighted by atomic mass is 10.1. The number of aryl methyl sites for hydroxylation is 1. The number of halogens is 1. The van der Waals surface area contributed by atoms with Gasteiger partial charge in [-0.2, -0.15) is 0 Å². The number of carbonyl (C=O) groups is 1. The van der Waals surface area contributed by atoms with Crippen molar-refractivity contribution in [2.45, 2.75) is 31.6 Å². The van der Waals surface area contributed by atoms with E-state index in [2.05, 4.69) is 15.5 Å². The van der Waals surface area contributed by atoms with Crippen molar-refractivity contribution in [1.82, 2.24) is 20.1 Å². The van der Waals surface area contributed by atoms with Gasteiger partial charge in [0.15, 0.2) is 11.0 Å². The maximum absolute atomic E-state index is 13.1. The Kier molecular flexibility index (Phi) is 6.70. The predicted octanol–water partition coefficient (Wildman–Crippen LogP) is 5.00. The van der Waals surface area contributed by atoms with Gasteiger partial charge in [0.05, 0.1) is 30.2 Å². The summed E-state index contributed by atoms with van der Waals surface area (Å²) < 4.78 is 20.6. The number of hydrogen-bond acceptors (Lipinski definition) is 5. The number of amides is 1. The molecule has 2 aromatic carbocycles. The lowest BCUT2D eigenvalue weighted by molar-refractivity contribution is -0.119. The number of furan rings is 1. The van der Waals surface area contributed by atoms with Crippen molar-refractivity contribution in [2.24, 2.45) is 0 Å². The van der Waals surface area contributed by atoms with Gasteiger partial charge in [-0.25, -0.2) is 4.39 Å². The molecule has 2 heterocycles. The van der Waals surface area contributed by atoms with Gasteiger partial charge >= 0.3 is 0 Å². The number of benzene rings is 2. The summed E-state index contributed by atoms with van der Waals surface area (Å²) in [6.07, 6.45) is 1.63. The van der Waals surface area contributed by atoms with Crippen LogP contribution in [0.3, 0.4) is 0 Å². The van der Waals surface area contributed by atoms with Crippen molar-refractivity contribution in [2.75, 3.05) is 5.75 Å². The van der Waals surface area contributed by atoms with Crippen molar-refractivity contribution < 1.29 is 13.6 Å². The molecule has 164 valence electrons. The van der Waals surface area contributed by atoms with Crippen molar-refractivity contribution >= 4 is 17.7 Å². The Hall–Kier alpha value is -3.39. The lowest BCUT2D eigenvalue weighted by Crippen LogP contribution is -2.28. The highest BCUT2D eigenvalue weighted by molar-refractivity contribution is 7.99. The Labute approximate surface area is 189 Å². The molecule has 0 saturated heterocycles. The van der Waals surface area contributed by atoms with Gasteiger partial charge in [0.1, 0.15) is 11.6 Å². The number of hydrogen-bond donors (Lipinski definition) is 1. The molecular formula is C24H23FN4O2S. The summed E-state index contributed by atoms with van der Waals surface area (Å²) in [6, 6.07) is 17.8. The van der Waals surface area contributed by atoms with E-state index < -0.39 is 0 Å². The smallest absolute Gasteiger partial charge is 0.230 e. The third kappa shape index (κ3) is 5.08. The highest BCUT2D eigenvalue weighted by Crippen LogP contribution is 2.28. The zero-order valence-corrected chi connectivity index (χ0v) is 18.6. The summed E-state index contributed by atoms with van der Waals surface area (Å²) in [4.78, 5) is 12.5. The first-order valence-corrected chi connectivity index (χ1v) is 11.2. The van der Waals surface area contributed by atoms with Crippen LogP contribution in [0.4, 0.5) is 4.39 Å². The molecule has 1 N–H and O–H groups in total. The summed E-state index contributed by atoms with van der Waals surface area (Å²) >= 11 is 1.32. The van der Waals surface area contributed by atoms with Gasteiger partial charge in [0.2, 0.25) is 5.91 Å². The molecule has 0 aliphatic rings. The summed E-state index contributed by atoms with van der Waals surface area (Å²) in [5, 5.41) is 12.3. The number of aromatic nitrogens is 3. The Bertz CT molecular complexity index is 1190. The van der Waals surface area contributed by atoms with Crippen molar-refractivity contribution in [3.63, 3.8) is 0 Å². The highest BCUT2D eigenvalue weighted by atomic mass is 32.2. The van der Waals surface area contributed by atoms with Crippen LogP contribution in [0, 0.1) is 12.7 Å². The SMILES string of the molecule is Cc1occc1-c1nnc(SCC(=O)N[C@H](C)c2ccc(F)cc2)n1Cc1ccccc1. The van der Waals surface area contributed by atoms with Crippen molar-refractivity contribution in [1.29, 1.82) is 0 Å². The molecule has 6 nitrogen and oxygen atoms in total. The van der Waals surface area contributed by atoms with Crippen molar-refractivity contribution in [3.05, 3.63) is 89.6 Å².